The van der Waals surface area contributed by atoms with Crippen LogP contribution in [0.15, 0.2) is 30.3 Å². The smallest absolute Gasteiger partial charge is 0.0483 e. The van der Waals surface area contributed by atoms with Gasteiger partial charge in [-0.1, -0.05) is 18.2 Å². The van der Waals surface area contributed by atoms with Crippen LogP contribution in [-0.4, -0.2) is 21.6 Å². The lowest BCUT2D eigenvalue weighted by atomic mass is 10.0. The van der Waals surface area contributed by atoms with Gasteiger partial charge >= 0.3 is 0 Å². The van der Waals surface area contributed by atoms with Crippen LogP contribution in [-0.2, 0) is 13.1 Å². The molecule has 17 heavy (non-hydrogen) atoms. The molecule has 0 spiro atoms. The molecule has 1 aliphatic rings. The second-order valence-electron chi connectivity index (χ2n) is 5.94. The first-order valence-electron chi connectivity index (χ1n) is 6.38. The number of rotatable bonds is 0. The zero-order chi connectivity index (χ0) is 12.0. The Labute approximate surface area is 103 Å². The summed E-state index contributed by atoms with van der Waals surface area (Å²) in [5, 5.41) is 1.37. The molecule has 0 amide bonds. The monoisotopic (exact) mass is 228 g/mol. The Balaban J connectivity index is 2.04. The zero-order valence-electron chi connectivity index (χ0n) is 10.9. The zero-order valence-corrected chi connectivity index (χ0v) is 10.9. The van der Waals surface area contributed by atoms with E-state index in [1.165, 1.54) is 16.6 Å². The molecule has 0 unspecified atom stereocenters. The molecular weight excluding hydrogens is 208 g/mol. The van der Waals surface area contributed by atoms with Crippen molar-refractivity contribution >= 4 is 10.9 Å². The number of benzene rings is 1. The SMILES string of the molecule is CC(C)(C)N1CCn2c(cc3ccccc32)C1. The molecule has 0 aliphatic carbocycles. The lowest BCUT2D eigenvalue weighted by molar-refractivity contribution is 0.104. The first-order chi connectivity index (χ1) is 8.05. The number of aromatic nitrogens is 1. The number of hydrogen-bond donors (Lipinski definition) is 0. The van der Waals surface area contributed by atoms with E-state index in [-0.39, 0.29) is 5.54 Å². The van der Waals surface area contributed by atoms with Gasteiger partial charge in [-0.15, -0.1) is 0 Å². The van der Waals surface area contributed by atoms with Crippen molar-refractivity contribution in [3.05, 3.63) is 36.0 Å². The Morgan fingerprint density at radius 1 is 1.06 bits per heavy atom. The third-order valence-corrected chi connectivity index (χ3v) is 3.79. The molecule has 0 fully saturated rings. The summed E-state index contributed by atoms with van der Waals surface area (Å²) >= 11 is 0. The van der Waals surface area contributed by atoms with Gasteiger partial charge in [0.2, 0.25) is 0 Å². The summed E-state index contributed by atoms with van der Waals surface area (Å²) in [6.07, 6.45) is 0. The molecular formula is C15H20N2. The molecule has 0 N–H and O–H groups in total. The standard InChI is InChI=1S/C15H20N2/c1-15(2,3)16-8-9-17-13(11-16)10-12-6-4-5-7-14(12)17/h4-7,10H,8-9,11H2,1-3H3. The Morgan fingerprint density at radius 3 is 2.59 bits per heavy atom. The van der Waals surface area contributed by atoms with E-state index in [4.69, 9.17) is 0 Å². The van der Waals surface area contributed by atoms with Gasteiger partial charge in [-0.3, -0.25) is 4.90 Å². The van der Waals surface area contributed by atoms with Gasteiger partial charge in [0.25, 0.3) is 0 Å². The predicted molar refractivity (Wildman–Crippen MR) is 72.1 cm³/mol. The van der Waals surface area contributed by atoms with Crippen LogP contribution in [0.25, 0.3) is 10.9 Å². The van der Waals surface area contributed by atoms with E-state index in [2.05, 4.69) is 60.6 Å². The van der Waals surface area contributed by atoms with Crippen molar-refractivity contribution in [1.82, 2.24) is 9.47 Å². The molecule has 2 heterocycles. The Morgan fingerprint density at radius 2 is 1.82 bits per heavy atom. The van der Waals surface area contributed by atoms with Crippen LogP contribution < -0.4 is 0 Å². The van der Waals surface area contributed by atoms with Crippen molar-refractivity contribution in [1.29, 1.82) is 0 Å². The minimum absolute atomic E-state index is 0.266. The highest BCUT2D eigenvalue weighted by molar-refractivity contribution is 5.81. The van der Waals surface area contributed by atoms with Gasteiger partial charge in [0, 0.05) is 36.4 Å². The maximum absolute atomic E-state index is 2.56. The summed E-state index contributed by atoms with van der Waals surface area (Å²) in [5.41, 5.74) is 3.10. The van der Waals surface area contributed by atoms with Crippen LogP contribution in [0.1, 0.15) is 26.5 Å². The van der Waals surface area contributed by atoms with Crippen LogP contribution in [0.2, 0.25) is 0 Å². The summed E-state index contributed by atoms with van der Waals surface area (Å²) in [5.74, 6) is 0. The molecule has 0 saturated heterocycles. The average molecular weight is 228 g/mol. The Hall–Kier alpha value is -1.28. The summed E-state index contributed by atoms with van der Waals surface area (Å²) in [6.45, 7) is 10.2. The molecule has 3 rings (SSSR count). The maximum Gasteiger partial charge on any atom is 0.0483 e. The van der Waals surface area contributed by atoms with Crippen molar-refractivity contribution in [2.75, 3.05) is 6.54 Å². The number of para-hydroxylation sites is 1. The van der Waals surface area contributed by atoms with Crippen LogP contribution in [0.4, 0.5) is 0 Å². The Bertz CT molecular complexity index is 546. The summed E-state index contributed by atoms with van der Waals surface area (Å²) in [4.78, 5) is 2.56. The largest absolute Gasteiger partial charge is 0.342 e. The van der Waals surface area contributed by atoms with Crippen molar-refractivity contribution < 1.29 is 0 Å². The molecule has 2 aromatic rings. The molecule has 90 valence electrons. The first-order valence-corrected chi connectivity index (χ1v) is 6.38. The van der Waals surface area contributed by atoms with Gasteiger partial charge in [-0.25, -0.2) is 0 Å². The van der Waals surface area contributed by atoms with E-state index in [1.807, 2.05) is 0 Å². The first kappa shape index (κ1) is 10.8. The lowest BCUT2D eigenvalue weighted by Gasteiger charge is -2.39. The second-order valence-corrected chi connectivity index (χ2v) is 5.94. The lowest BCUT2D eigenvalue weighted by Crippen LogP contribution is -2.45. The van der Waals surface area contributed by atoms with E-state index in [1.54, 1.807) is 0 Å². The third-order valence-electron chi connectivity index (χ3n) is 3.79. The highest BCUT2D eigenvalue weighted by atomic mass is 15.2. The fraction of sp³-hybridized carbons (Fsp3) is 0.467. The van der Waals surface area contributed by atoms with Crippen LogP contribution in [0.3, 0.4) is 0 Å². The topological polar surface area (TPSA) is 8.17 Å². The normalized spacial score (nSPS) is 17.4. The minimum Gasteiger partial charge on any atom is -0.342 e. The number of nitrogens with zero attached hydrogens (tertiary/aromatic N) is 2. The molecule has 0 atom stereocenters. The predicted octanol–water partition coefficient (Wildman–Crippen LogP) is 3.26. The molecule has 0 radical (unpaired) electrons. The van der Waals surface area contributed by atoms with Crippen LogP contribution in [0, 0.1) is 0 Å². The fourth-order valence-electron chi connectivity index (χ4n) is 2.73. The van der Waals surface area contributed by atoms with E-state index < -0.39 is 0 Å². The van der Waals surface area contributed by atoms with Gasteiger partial charge in [-0.2, -0.15) is 0 Å². The van der Waals surface area contributed by atoms with E-state index in [0.717, 1.165) is 19.6 Å². The quantitative estimate of drug-likeness (QED) is 0.672. The van der Waals surface area contributed by atoms with E-state index in [0.29, 0.717) is 0 Å². The third kappa shape index (κ3) is 1.77. The molecule has 0 bridgehead atoms. The van der Waals surface area contributed by atoms with E-state index >= 15 is 0 Å². The molecule has 1 aromatic carbocycles. The molecule has 2 heteroatoms. The van der Waals surface area contributed by atoms with Gasteiger partial charge < -0.3 is 4.57 Å². The highest BCUT2D eigenvalue weighted by Crippen LogP contribution is 2.27. The van der Waals surface area contributed by atoms with Gasteiger partial charge in [0.1, 0.15) is 0 Å². The van der Waals surface area contributed by atoms with Gasteiger partial charge in [-0.05, 0) is 38.3 Å². The van der Waals surface area contributed by atoms with E-state index in [9.17, 15) is 0 Å². The molecule has 1 aliphatic heterocycles. The number of hydrogen-bond acceptors (Lipinski definition) is 1. The molecule has 1 aromatic heterocycles. The maximum atomic E-state index is 2.56. The minimum atomic E-state index is 0.266. The van der Waals surface area contributed by atoms with Crippen molar-refractivity contribution in [2.24, 2.45) is 0 Å². The van der Waals surface area contributed by atoms with Gasteiger partial charge in [0.15, 0.2) is 0 Å². The second kappa shape index (κ2) is 3.61. The summed E-state index contributed by atoms with van der Waals surface area (Å²) in [6, 6.07) is 11.0. The Kier molecular flexibility index (Phi) is 2.30. The van der Waals surface area contributed by atoms with Crippen LogP contribution >= 0.6 is 0 Å². The van der Waals surface area contributed by atoms with Crippen molar-refractivity contribution in [3.8, 4) is 0 Å². The van der Waals surface area contributed by atoms with Crippen LogP contribution in [0.5, 0.6) is 0 Å². The number of fused-ring (bicyclic) bond motifs is 3. The summed E-state index contributed by atoms with van der Waals surface area (Å²) < 4.78 is 2.47. The molecule has 0 saturated carbocycles. The molecule has 2 nitrogen and oxygen atoms in total. The van der Waals surface area contributed by atoms with Crippen molar-refractivity contribution in [3.63, 3.8) is 0 Å². The fourth-order valence-corrected chi connectivity index (χ4v) is 2.73. The van der Waals surface area contributed by atoms with Gasteiger partial charge in [0.05, 0.1) is 0 Å². The highest BCUT2D eigenvalue weighted by Gasteiger charge is 2.26. The summed E-state index contributed by atoms with van der Waals surface area (Å²) in [7, 11) is 0. The average Bonchev–Trinajstić information content (AvgIpc) is 2.65. The van der Waals surface area contributed by atoms with Crippen molar-refractivity contribution in [2.45, 2.75) is 39.4 Å².